The van der Waals surface area contributed by atoms with Crippen LogP contribution in [0.25, 0.3) is 0 Å². The monoisotopic (exact) mass is 218 g/mol. The van der Waals surface area contributed by atoms with Crippen LogP contribution in [0.15, 0.2) is 18.3 Å². The van der Waals surface area contributed by atoms with Crippen molar-refractivity contribution in [1.29, 1.82) is 0 Å². The predicted molar refractivity (Wildman–Crippen MR) is 64.0 cm³/mol. The Balaban J connectivity index is 1.73. The smallest absolute Gasteiger partial charge is 0.123 e. The number of piperazine rings is 1. The molecule has 0 amide bonds. The highest BCUT2D eigenvalue weighted by Gasteiger charge is 2.50. The summed E-state index contributed by atoms with van der Waals surface area (Å²) in [5.41, 5.74) is 6.92. The summed E-state index contributed by atoms with van der Waals surface area (Å²) in [5, 5.41) is 0. The van der Waals surface area contributed by atoms with E-state index in [0.29, 0.717) is 17.9 Å². The molecule has 2 saturated heterocycles. The largest absolute Gasteiger partial charge is 0.384 e. The minimum atomic E-state index is 0.588. The average molecular weight is 218 g/mol. The second-order valence-corrected chi connectivity index (χ2v) is 4.66. The summed E-state index contributed by atoms with van der Waals surface area (Å²) in [5.74, 6) is 0.609. The van der Waals surface area contributed by atoms with Crippen molar-refractivity contribution >= 4 is 5.82 Å². The highest BCUT2D eigenvalue weighted by molar-refractivity contribution is 5.34. The SMILES string of the molecule is CCN1CCN2C(C1)C2c1ccc(N)nc1. The number of pyridine rings is 1. The zero-order valence-corrected chi connectivity index (χ0v) is 9.63. The third kappa shape index (κ3) is 1.58. The second kappa shape index (κ2) is 3.71. The molecule has 4 heteroatoms. The summed E-state index contributed by atoms with van der Waals surface area (Å²) >= 11 is 0. The van der Waals surface area contributed by atoms with Crippen molar-refractivity contribution in [2.24, 2.45) is 0 Å². The normalized spacial score (nSPS) is 33.4. The molecule has 2 N–H and O–H groups in total. The number of likely N-dealkylation sites (N-methyl/N-ethyl adjacent to an activating group) is 1. The molecule has 2 fully saturated rings. The minimum absolute atomic E-state index is 0.588. The molecular weight excluding hydrogens is 200 g/mol. The Morgan fingerprint density at radius 2 is 2.31 bits per heavy atom. The van der Waals surface area contributed by atoms with E-state index in [-0.39, 0.29) is 0 Å². The maximum atomic E-state index is 5.60. The maximum absolute atomic E-state index is 5.60. The van der Waals surface area contributed by atoms with E-state index in [0.717, 1.165) is 6.54 Å². The van der Waals surface area contributed by atoms with E-state index < -0.39 is 0 Å². The van der Waals surface area contributed by atoms with Crippen molar-refractivity contribution in [3.63, 3.8) is 0 Å². The number of nitrogen functional groups attached to an aromatic ring is 1. The molecule has 3 atom stereocenters. The van der Waals surface area contributed by atoms with Crippen LogP contribution in [0.3, 0.4) is 0 Å². The Bertz CT molecular complexity index is 375. The van der Waals surface area contributed by atoms with Gasteiger partial charge in [0, 0.05) is 31.9 Å². The molecule has 16 heavy (non-hydrogen) atoms. The van der Waals surface area contributed by atoms with Gasteiger partial charge in [-0.1, -0.05) is 13.0 Å². The summed E-state index contributed by atoms with van der Waals surface area (Å²) in [7, 11) is 0. The van der Waals surface area contributed by atoms with Gasteiger partial charge in [0.1, 0.15) is 5.82 Å². The number of fused-ring (bicyclic) bond motifs is 1. The van der Waals surface area contributed by atoms with Crippen molar-refractivity contribution in [2.45, 2.75) is 19.0 Å². The van der Waals surface area contributed by atoms with E-state index in [1.165, 1.54) is 25.2 Å². The van der Waals surface area contributed by atoms with Gasteiger partial charge in [-0.2, -0.15) is 0 Å². The molecule has 0 bridgehead atoms. The molecule has 86 valence electrons. The number of nitrogens with zero attached hydrogens (tertiary/aromatic N) is 3. The van der Waals surface area contributed by atoms with E-state index in [9.17, 15) is 0 Å². The van der Waals surface area contributed by atoms with Gasteiger partial charge >= 0.3 is 0 Å². The minimum Gasteiger partial charge on any atom is -0.384 e. The molecule has 0 saturated carbocycles. The zero-order valence-electron chi connectivity index (χ0n) is 9.63. The molecule has 2 aliphatic rings. The number of nitrogens with two attached hydrogens (primary N) is 1. The molecule has 0 radical (unpaired) electrons. The van der Waals surface area contributed by atoms with Crippen molar-refractivity contribution in [2.75, 3.05) is 31.9 Å². The van der Waals surface area contributed by atoms with E-state index >= 15 is 0 Å². The Labute approximate surface area is 96.1 Å². The lowest BCUT2D eigenvalue weighted by atomic mass is 10.1. The molecular formula is C12H18N4. The molecule has 1 aromatic rings. The van der Waals surface area contributed by atoms with Crippen LogP contribution in [0.2, 0.25) is 0 Å². The third-order valence-corrected chi connectivity index (χ3v) is 3.78. The highest BCUT2D eigenvalue weighted by Crippen LogP contribution is 2.44. The molecule has 1 aromatic heterocycles. The molecule has 3 heterocycles. The van der Waals surface area contributed by atoms with Crippen molar-refractivity contribution in [3.8, 4) is 0 Å². The highest BCUT2D eigenvalue weighted by atomic mass is 15.4. The van der Waals surface area contributed by atoms with Crippen LogP contribution >= 0.6 is 0 Å². The first-order valence-corrected chi connectivity index (χ1v) is 5.99. The quantitative estimate of drug-likeness (QED) is 0.743. The second-order valence-electron chi connectivity index (χ2n) is 4.66. The van der Waals surface area contributed by atoms with Gasteiger partial charge in [0.2, 0.25) is 0 Å². The van der Waals surface area contributed by atoms with Crippen LogP contribution in [0, 0.1) is 0 Å². The van der Waals surface area contributed by atoms with Gasteiger partial charge < -0.3 is 10.6 Å². The van der Waals surface area contributed by atoms with Crippen LogP contribution in [0.5, 0.6) is 0 Å². The molecule has 2 aliphatic heterocycles. The lowest BCUT2D eigenvalue weighted by molar-refractivity contribution is 0.219. The van der Waals surface area contributed by atoms with Gasteiger partial charge in [-0.25, -0.2) is 4.98 Å². The lowest BCUT2D eigenvalue weighted by Gasteiger charge is -2.24. The molecule has 0 spiro atoms. The van der Waals surface area contributed by atoms with E-state index in [1.807, 2.05) is 12.3 Å². The fraction of sp³-hybridized carbons (Fsp3) is 0.583. The van der Waals surface area contributed by atoms with Crippen molar-refractivity contribution in [3.05, 3.63) is 23.9 Å². The van der Waals surface area contributed by atoms with Crippen molar-refractivity contribution < 1.29 is 0 Å². The first-order chi connectivity index (χ1) is 7.79. The van der Waals surface area contributed by atoms with E-state index in [2.05, 4.69) is 27.8 Å². The number of hydrogen-bond donors (Lipinski definition) is 1. The van der Waals surface area contributed by atoms with Gasteiger partial charge in [0.15, 0.2) is 0 Å². The van der Waals surface area contributed by atoms with Gasteiger partial charge in [-0.05, 0) is 18.2 Å². The molecule has 3 rings (SSSR count). The third-order valence-electron chi connectivity index (χ3n) is 3.78. The summed E-state index contributed by atoms with van der Waals surface area (Å²) < 4.78 is 0. The Morgan fingerprint density at radius 1 is 1.44 bits per heavy atom. The van der Waals surface area contributed by atoms with Crippen LogP contribution < -0.4 is 5.73 Å². The number of aromatic nitrogens is 1. The van der Waals surface area contributed by atoms with Gasteiger partial charge in [0.05, 0.1) is 6.04 Å². The molecule has 4 nitrogen and oxygen atoms in total. The topological polar surface area (TPSA) is 45.2 Å². The van der Waals surface area contributed by atoms with Crippen LogP contribution in [-0.2, 0) is 0 Å². The first-order valence-electron chi connectivity index (χ1n) is 5.99. The number of anilines is 1. The summed E-state index contributed by atoms with van der Waals surface area (Å²) in [6.45, 7) is 6.99. The molecule has 3 unspecified atom stereocenters. The fourth-order valence-corrected chi connectivity index (χ4v) is 2.75. The van der Waals surface area contributed by atoms with E-state index in [1.54, 1.807) is 0 Å². The van der Waals surface area contributed by atoms with Gasteiger partial charge in [0.25, 0.3) is 0 Å². The fourth-order valence-electron chi connectivity index (χ4n) is 2.75. The Hall–Kier alpha value is -1.13. The van der Waals surface area contributed by atoms with Gasteiger partial charge in [-0.15, -0.1) is 0 Å². The van der Waals surface area contributed by atoms with E-state index in [4.69, 9.17) is 5.73 Å². The summed E-state index contributed by atoms with van der Waals surface area (Å²) in [4.78, 5) is 9.25. The standard InChI is InChI=1S/C12H18N4/c1-2-15-5-6-16-10(8-15)12(16)9-3-4-11(13)14-7-9/h3-4,7,10,12H,2,5-6,8H2,1H3,(H2,13,14). The summed E-state index contributed by atoms with van der Waals surface area (Å²) in [6.07, 6.45) is 1.93. The summed E-state index contributed by atoms with van der Waals surface area (Å²) in [6, 6.07) is 5.31. The molecule has 0 aromatic carbocycles. The maximum Gasteiger partial charge on any atom is 0.123 e. The van der Waals surface area contributed by atoms with Crippen LogP contribution in [-0.4, -0.2) is 47.0 Å². The van der Waals surface area contributed by atoms with Gasteiger partial charge in [-0.3, -0.25) is 4.90 Å². The molecule has 0 aliphatic carbocycles. The Morgan fingerprint density at radius 3 is 3.00 bits per heavy atom. The van der Waals surface area contributed by atoms with Crippen molar-refractivity contribution in [1.82, 2.24) is 14.8 Å². The average Bonchev–Trinajstić information content (AvgIpc) is 3.03. The van der Waals surface area contributed by atoms with Crippen LogP contribution in [0.4, 0.5) is 5.82 Å². The number of rotatable bonds is 2. The van der Waals surface area contributed by atoms with Crippen LogP contribution in [0.1, 0.15) is 18.5 Å². The number of hydrogen-bond acceptors (Lipinski definition) is 4. The first kappa shape index (κ1) is 10.1. The lowest BCUT2D eigenvalue weighted by Crippen LogP contribution is -2.37. The predicted octanol–water partition coefficient (Wildman–Crippen LogP) is 0.725. The Kier molecular flexibility index (Phi) is 2.33. The zero-order chi connectivity index (χ0) is 11.1.